The van der Waals surface area contributed by atoms with Crippen molar-refractivity contribution in [1.82, 2.24) is 5.32 Å². The molecule has 2 nitrogen and oxygen atoms in total. The van der Waals surface area contributed by atoms with Gasteiger partial charge in [-0.3, -0.25) is 0 Å². The average molecular weight is 220 g/mol. The third-order valence-electron chi connectivity index (χ3n) is 2.95. The zero-order valence-corrected chi connectivity index (χ0v) is 11.0. The second-order valence-corrected chi connectivity index (χ2v) is 4.38. The molecule has 0 spiro atoms. The van der Waals surface area contributed by atoms with Crippen LogP contribution in [0.2, 0.25) is 0 Å². The minimum atomic E-state index is 0.580. The van der Waals surface area contributed by atoms with Gasteiger partial charge in [0.2, 0.25) is 0 Å². The number of rotatable bonds is 6. The standard InChI is InChI=1S/C14H24N2/c1-5-13(15-6-2)11-16(4)14-9-7-12(3)8-10-14/h7-10,13,15H,5-6,11H2,1-4H3. The molecule has 0 saturated carbocycles. The lowest BCUT2D eigenvalue weighted by Gasteiger charge is -2.25. The van der Waals surface area contributed by atoms with Crippen molar-refractivity contribution in [1.29, 1.82) is 0 Å². The fraction of sp³-hybridized carbons (Fsp3) is 0.571. The van der Waals surface area contributed by atoms with E-state index >= 15 is 0 Å². The van der Waals surface area contributed by atoms with E-state index in [-0.39, 0.29) is 0 Å². The molecule has 1 unspecified atom stereocenters. The second-order valence-electron chi connectivity index (χ2n) is 4.38. The van der Waals surface area contributed by atoms with Gasteiger partial charge in [-0.25, -0.2) is 0 Å². The number of nitrogens with one attached hydrogen (secondary N) is 1. The van der Waals surface area contributed by atoms with Crippen LogP contribution in [0.4, 0.5) is 5.69 Å². The maximum atomic E-state index is 3.50. The van der Waals surface area contributed by atoms with E-state index in [0.29, 0.717) is 6.04 Å². The molecular formula is C14H24N2. The molecule has 1 aromatic carbocycles. The van der Waals surface area contributed by atoms with Gasteiger partial charge >= 0.3 is 0 Å². The van der Waals surface area contributed by atoms with Crippen molar-refractivity contribution in [3.05, 3.63) is 29.8 Å². The monoisotopic (exact) mass is 220 g/mol. The van der Waals surface area contributed by atoms with Gasteiger partial charge in [0.25, 0.3) is 0 Å². The third kappa shape index (κ3) is 3.86. The van der Waals surface area contributed by atoms with E-state index in [1.807, 2.05) is 0 Å². The SMILES string of the molecule is CCNC(CC)CN(C)c1ccc(C)cc1. The zero-order valence-electron chi connectivity index (χ0n) is 11.0. The van der Waals surface area contributed by atoms with Gasteiger partial charge in [0.1, 0.15) is 0 Å². The molecule has 1 N–H and O–H groups in total. The normalized spacial score (nSPS) is 12.5. The highest BCUT2D eigenvalue weighted by atomic mass is 15.1. The van der Waals surface area contributed by atoms with Crippen LogP contribution in [-0.2, 0) is 0 Å². The molecule has 16 heavy (non-hydrogen) atoms. The van der Waals surface area contributed by atoms with E-state index in [2.05, 4.69) is 62.3 Å². The summed E-state index contributed by atoms with van der Waals surface area (Å²) >= 11 is 0. The van der Waals surface area contributed by atoms with E-state index in [1.54, 1.807) is 0 Å². The molecule has 0 amide bonds. The maximum absolute atomic E-state index is 3.50. The van der Waals surface area contributed by atoms with Gasteiger partial charge < -0.3 is 10.2 Å². The van der Waals surface area contributed by atoms with Crippen LogP contribution >= 0.6 is 0 Å². The maximum Gasteiger partial charge on any atom is 0.0364 e. The summed E-state index contributed by atoms with van der Waals surface area (Å²) in [7, 11) is 2.16. The smallest absolute Gasteiger partial charge is 0.0364 e. The summed E-state index contributed by atoms with van der Waals surface area (Å²) in [5.74, 6) is 0. The number of benzene rings is 1. The number of anilines is 1. The molecule has 0 aliphatic heterocycles. The summed E-state index contributed by atoms with van der Waals surface area (Å²) in [6.45, 7) is 8.62. The van der Waals surface area contributed by atoms with Gasteiger partial charge in [-0.05, 0) is 32.0 Å². The van der Waals surface area contributed by atoms with Gasteiger partial charge in [-0.1, -0.05) is 31.5 Å². The van der Waals surface area contributed by atoms with Crippen LogP contribution in [-0.4, -0.2) is 26.2 Å². The number of likely N-dealkylation sites (N-methyl/N-ethyl adjacent to an activating group) is 2. The summed E-state index contributed by atoms with van der Waals surface area (Å²) in [6, 6.07) is 9.29. The van der Waals surface area contributed by atoms with Gasteiger partial charge in [0.15, 0.2) is 0 Å². The molecule has 0 aliphatic rings. The fourth-order valence-electron chi connectivity index (χ4n) is 1.86. The number of hydrogen-bond acceptors (Lipinski definition) is 2. The molecule has 0 saturated heterocycles. The van der Waals surface area contributed by atoms with E-state index in [4.69, 9.17) is 0 Å². The minimum absolute atomic E-state index is 0.580. The highest BCUT2D eigenvalue weighted by Crippen LogP contribution is 2.13. The topological polar surface area (TPSA) is 15.3 Å². The average Bonchev–Trinajstić information content (AvgIpc) is 2.29. The molecule has 90 valence electrons. The molecule has 1 atom stereocenters. The Hall–Kier alpha value is -1.02. The zero-order chi connectivity index (χ0) is 12.0. The van der Waals surface area contributed by atoms with Crippen molar-refractivity contribution in [2.45, 2.75) is 33.2 Å². The Labute approximate surface area is 99.7 Å². The quantitative estimate of drug-likeness (QED) is 0.793. The summed E-state index contributed by atoms with van der Waals surface area (Å²) in [5.41, 5.74) is 2.61. The molecule has 0 radical (unpaired) electrons. The lowest BCUT2D eigenvalue weighted by atomic mass is 10.2. The molecule has 0 aliphatic carbocycles. The first-order valence-corrected chi connectivity index (χ1v) is 6.18. The predicted octanol–water partition coefficient (Wildman–Crippen LogP) is 2.82. The molecule has 1 rings (SSSR count). The summed E-state index contributed by atoms with van der Waals surface area (Å²) < 4.78 is 0. The van der Waals surface area contributed by atoms with E-state index in [0.717, 1.165) is 13.1 Å². The first-order valence-electron chi connectivity index (χ1n) is 6.18. The molecule has 0 heterocycles. The molecule has 0 bridgehead atoms. The van der Waals surface area contributed by atoms with Crippen molar-refractivity contribution in [2.75, 3.05) is 25.0 Å². The van der Waals surface area contributed by atoms with Gasteiger partial charge in [-0.15, -0.1) is 0 Å². The molecular weight excluding hydrogens is 196 g/mol. The number of hydrogen-bond donors (Lipinski definition) is 1. The highest BCUT2D eigenvalue weighted by molar-refractivity contribution is 5.46. The van der Waals surface area contributed by atoms with E-state index < -0.39 is 0 Å². The van der Waals surface area contributed by atoms with Crippen LogP contribution < -0.4 is 10.2 Å². The Balaban J connectivity index is 2.56. The third-order valence-corrected chi connectivity index (χ3v) is 2.95. The van der Waals surface area contributed by atoms with Crippen molar-refractivity contribution < 1.29 is 0 Å². The molecule has 2 heteroatoms. The van der Waals surface area contributed by atoms with Gasteiger partial charge in [-0.2, -0.15) is 0 Å². The Morgan fingerprint density at radius 1 is 1.19 bits per heavy atom. The Kier molecular flexibility index (Phi) is 5.33. The Morgan fingerprint density at radius 3 is 2.31 bits per heavy atom. The van der Waals surface area contributed by atoms with Crippen molar-refractivity contribution in [2.24, 2.45) is 0 Å². The largest absolute Gasteiger partial charge is 0.373 e. The number of nitrogens with zero attached hydrogens (tertiary/aromatic N) is 1. The summed E-state index contributed by atoms with van der Waals surface area (Å²) in [6.07, 6.45) is 1.17. The van der Waals surface area contributed by atoms with Crippen LogP contribution in [0.1, 0.15) is 25.8 Å². The van der Waals surface area contributed by atoms with Crippen molar-refractivity contribution >= 4 is 5.69 Å². The lowest BCUT2D eigenvalue weighted by Crippen LogP contribution is -2.39. The Bertz CT molecular complexity index is 292. The first-order chi connectivity index (χ1) is 7.67. The molecule has 0 aromatic heterocycles. The summed E-state index contributed by atoms with van der Waals surface area (Å²) in [5, 5.41) is 3.50. The minimum Gasteiger partial charge on any atom is -0.373 e. The second kappa shape index (κ2) is 6.54. The van der Waals surface area contributed by atoms with Crippen LogP contribution in [0.15, 0.2) is 24.3 Å². The molecule has 1 aromatic rings. The summed E-state index contributed by atoms with van der Waals surface area (Å²) in [4.78, 5) is 2.32. The van der Waals surface area contributed by atoms with Crippen LogP contribution in [0.25, 0.3) is 0 Å². The number of aryl methyl sites for hydroxylation is 1. The van der Waals surface area contributed by atoms with Crippen molar-refractivity contribution in [3.63, 3.8) is 0 Å². The van der Waals surface area contributed by atoms with E-state index in [1.165, 1.54) is 17.7 Å². The van der Waals surface area contributed by atoms with E-state index in [9.17, 15) is 0 Å². The van der Waals surface area contributed by atoms with Crippen molar-refractivity contribution in [3.8, 4) is 0 Å². The van der Waals surface area contributed by atoms with Crippen LogP contribution in [0, 0.1) is 6.92 Å². The highest BCUT2D eigenvalue weighted by Gasteiger charge is 2.08. The van der Waals surface area contributed by atoms with Gasteiger partial charge in [0, 0.05) is 25.3 Å². The van der Waals surface area contributed by atoms with Crippen LogP contribution in [0.5, 0.6) is 0 Å². The van der Waals surface area contributed by atoms with Gasteiger partial charge in [0.05, 0.1) is 0 Å². The Morgan fingerprint density at radius 2 is 1.81 bits per heavy atom. The molecule has 0 fully saturated rings. The lowest BCUT2D eigenvalue weighted by molar-refractivity contribution is 0.512. The van der Waals surface area contributed by atoms with Crippen LogP contribution in [0.3, 0.4) is 0 Å². The predicted molar refractivity (Wildman–Crippen MR) is 72.2 cm³/mol. The fourth-order valence-corrected chi connectivity index (χ4v) is 1.86. The first kappa shape index (κ1) is 13.0.